The van der Waals surface area contributed by atoms with Crippen LogP contribution in [0.25, 0.3) is 0 Å². The topological polar surface area (TPSA) is 92.5 Å². The summed E-state index contributed by atoms with van der Waals surface area (Å²) in [7, 11) is 0. The smallest absolute Gasteiger partial charge is 0.261 e. The third kappa shape index (κ3) is 2.59. The number of nitrogens with one attached hydrogen (secondary N) is 1. The van der Waals surface area contributed by atoms with Crippen LogP contribution in [0.2, 0.25) is 0 Å². The molecule has 0 saturated heterocycles. The molecular weight excluding hydrogens is 330 g/mol. The minimum absolute atomic E-state index is 0.00410. The van der Waals surface area contributed by atoms with Crippen LogP contribution in [-0.2, 0) is 17.6 Å². The second-order valence-electron chi connectivity index (χ2n) is 6.83. The predicted octanol–water partition coefficient (Wildman–Crippen LogP) is 1.66. The number of carbonyl (C=O) groups excluding carboxylic acids is 3. The summed E-state index contributed by atoms with van der Waals surface area (Å²) < 4.78 is 0. The lowest BCUT2D eigenvalue weighted by atomic mass is 9.95. The Bertz CT molecular complexity index is 916. The van der Waals surface area contributed by atoms with Gasteiger partial charge in [-0.25, -0.2) is 0 Å². The van der Waals surface area contributed by atoms with E-state index >= 15 is 0 Å². The molecule has 6 heteroatoms. The van der Waals surface area contributed by atoms with Crippen LogP contribution >= 0.6 is 0 Å². The molecule has 3 N–H and O–H groups in total. The quantitative estimate of drug-likeness (QED) is 0.821. The zero-order valence-electron chi connectivity index (χ0n) is 14.4. The van der Waals surface area contributed by atoms with Crippen molar-refractivity contribution in [1.29, 1.82) is 0 Å². The fourth-order valence-corrected chi connectivity index (χ4v) is 3.71. The van der Waals surface area contributed by atoms with Crippen LogP contribution in [0.15, 0.2) is 36.4 Å². The second kappa shape index (κ2) is 6.07. The van der Waals surface area contributed by atoms with Gasteiger partial charge in [0.1, 0.15) is 0 Å². The molecule has 0 aromatic heterocycles. The summed E-state index contributed by atoms with van der Waals surface area (Å²) in [5.74, 6) is -0.585. The zero-order valence-corrected chi connectivity index (χ0v) is 14.4. The molecule has 0 spiro atoms. The van der Waals surface area contributed by atoms with E-state index in [2.05, 4.69) is 5.32 Å². The first-order chi connectivity index (χ1) is 12.5. The van der Waals surface area contributed by atoms with Gasteiger partial charge in [-0.1, -0.05) is 18.2 Å². The first-order valence-corrected chi connectivity index (χ1v) is 8.57. The van der Waals surface area contributed by atoms with E-state index in [1.165, 1.54) is 4.90 Å². The van der Waals surface area contributed by atoms with Crippen LogP contribution in [0.4, 0.5) is 5.69 Å². The minimum Gasteiger partial charge on any atom is -0.326 e. The van der Waals surface area contributed by atoms with Crippen LogP contribution < -0.4 is 11.1 Å². The number of benzene rings is 2. The molecule has 4 rings (SSSR count). The van der Waals surface area contributed by atoms with Gasteiger partial charge in [-0.3, -0.25) is 19.3 Å². The monoisotopic (exact) mass is 349 g/mol. The fourth-order valence-electron chi connectivity index (χ4n) is 3.71. The van der Waals surface area contributed by atoms with Gasteiger partial charge in [-0.05, 0) is 48.2 Å². The molecule has 6 nitrogen and oxygen atoms in total. The Hall–Kier alpha value is -2.99. The van der Waals surface area contributed by atoms with E-state index in [1.807, 2.05) is 19.1 Å². The molecule has 26 heavy (non-hydrogen) atoms. The first kappa shape index (κ1) is 16.5. The van der Waals surface area contributed by atoms with Crippen molar-refractivity contribution in [1.82, 2.24) is 4.90 Å². The summed E-state index contributed by atoms with van der Waals surface area (Å²) in [6, 6.07) is 10.3. The number of hydrogen-bond acceptors (Lipinski definition) is 4. The molecule has 3 amide bonds. The molecule has 0 radical (unpaired) electrons. The first-order valence-electron chi connectivity index (χ1n) is 8.57. The third-order valence-corrected chi connectivity index (χ3v) is 5.10. The van der Waals surface area contributed by atoms with Gasteiger partial charge in [-0.15, -0.1) is 0 Å². The maximum atomic E-state index is 12.5. The highest BCUT2D eigenvalue weighted by molar-refractivity contribution is 6.21. The maximum absolute atomic E-state index is 12.5. The van der Waals surface area contributed by atoms with E-state index in [4.69, 9.17) is 5.73 Å². The molecule has 0 bridgehead atoms. The van der Waals surface area contributed by atoms with Crippen molar-refractivity contribution in [2.75, 3.05) is 11.9 Å². The molecule has 2 aliphatic rings. The van der Waals surface area contributed by atoms with Gasteiger partial charge >= 0.3 is 0 Å². The Labute approximate surface area is 151 Å². The molecule has 2 aromatic rings. The highest BCUT2D eigenvalue weighted by Gasteiger charge is 2.35. The normalized spacial score (nSPS) is 16.5. The number of amides is 3. The Kier molecular flexibility index (Phi) is 3.85. The van der Waals surface area contributed by atoms with E-state index in [-0.39, 0.29) is 30.3 Å². The van der Waals surface area contributed by atoms with Crippen molar-refractivity contribution in [3.8, 4) is 0 Å². The van der Waals surface area contributed by atoms with Crippen LogP contribution in [0, 0.1) is 6.92 Å². The Balaban J connectivity index is 1.50. The number of rotatable bonds is 4. The molecule has 0 aliphatic carbocycles. The second-order valence-corrected chi connectivity index (χ2v) is 6.83. The lowest BCUT2D eigenvalue weighted by Gasteiger charge is -2.20. The predicted molar refractivity (Wildman–Crippen MR) is 97.0 cm³/mol. The summed E-state index contributed by atoms with van der Waals surface area (Å²) in [5.41, 5.74) is 11.0. The zero-order chi connectivity index (χ0) is 18.4. The fraction of sp³-hybridized carbons (Fsp3) is 0.250. The third-order valence-electron chi connectivity index (χ3n) is 5.10. The van der Waals surface area contributed by atoms with E-state index in [1.54, 1.807) is 24.3 Å². The number of hydrogen-bond donors (Lipinski definition) is 2. The highest BCUT2D eigenvalue weighted by atomic mass is 16.2. The maximum Gasteiger partial charge on any atom is 0.261 e. The van der Waals surface area contributed by atoms with Gasteiger partial charge in [-0.2, -0.15) is 0 Å². The summed E-state index contributed by atoms with van der Waals surface area (Å²) in [4.78, 5) is 37.7. The summed E-state index contributed by atoms with van der Waals surface area (Å²) in [6.45, 7) is 2.14. The number of fused-ring (bicyclic) bond motifs is 2. The number of nitrogens with zero attached hydrogens (tertiary/aromatic N) is 1. The van der Waals surface area contributed by atoms with Crippen molar-refractivity contribution in [3.63, 3.8) is 0 Å². The van der Waals surface area contributed by atoms with Gasteiger partial charge in [0.25, 0.3) is 11.8 Å². The standard InChI is InChI=1S/C20H19N3O3/c1-11-12(6-7-17-16(11)9-18(24)22-17)8-13(21)10-23-19(25)14-4-2-3-5-15(14)20(23)26/h2-7,13H,8-10,21H2,1H3,(H,22,24). The SMILES string of the molecule is Cc1c(CC(N)CN2C(=O)c3ccccc3C2=O)ccc2c1CC(=O)N2. The molecular formula is C20H19N3O3. The van der Waals surface area contributed by atoms with Crippen molar-refractivity contribution in [2.24, 2.45) is 5.73 Å². The van der Waals surface area contributed by atoms with Gasteiger partial charge in [0.15, 0.2) is 0 Å². The average Bonchev–Trinajstić information content (AvgIpc) is 3.12. The molecule has 2 aliphatic heterocycles. The lowest BCUT2D eigenvalue weighted by molar-refractivity contribution is -0.115. The van der Waals surface area contributed by atoms with Crippen LogP contribution in [0.3, 0.4) is 0 Å². The average molecular weight is 349 g/mol. The molecule has 0 fully saturated rings. The molecule has 0 saturated carbocycles. The largest absolute Gasteiger partial charge is 0.326 e. The van der Waals surface area contributed by atoms with E-state index < -0.39 is 0 Å². The number of anilines is 1. The number of nitrogens with two attached hydrogens (primary N) is 1. The van der Waals surface area contributed by atoms with Crippen molar-refractivity contribution in [3.05, 3.63) is 64.2 Å². The van der Waals surface area contributed by atoms with Crippen LogP contribution in [0.5, 0.6) is 0 Å². The Morgan fingerprint density at radius 1 is 1.08 bits per heavy atom. The minimum atomic E-state index is -0.376. The highest BCUT2D eigenvalue weighted by Crippen LogP contribution is 2.29. The van der Waals surface area contributed by atoms with Gasteiger partial charge in [0.05, 0.1) is 17.5 Å². The van der Waals surface area contributed by atoms with E-state index in [9.17, 15) is 14.4 Å². The van der Waals surface area contributed by atoms with Crippen LogP contribution in [-0.4, -0.2) is 35.2 Å². The van der Waals surface area contributed by atoms with E-state index in [0.29, 0.717) is 24.0 Å². The summed E-state index contributed by atoms with van der Waals surface area (Å²) in [5, 5.41) is 2.83. The molecule has 2 aromatic carbocycles. The lowest BCUT2D eigenvalue weighted by Crippen LogP contribution is -2.42. The van der Waals surface area contributed by atoms with Crippen molar-refractivity contribution < 1.29 is 14.4 Å². The Morgan fingerprint density at radius 2 is 1.73 bits per heavy atom. The van der Waals surface area contributed by atoms with Crippen molar-refractivity contribution >= 4 is 23.4 Å². The van der Waals surface area contributed by atoms with Crippen molar-refractivity contribution in [2.45, 2.75) is 25.8 Å². The summed E-state index contributed by atoms with van der Waals surface area (Å²) >= 11 is 0. The molecule has 2 heterocycles. The number of carbonyl (C=O) groups is 3. The molecule has 132 valence electrons. The molecule has 1 unspecified atom stereocenters. The summed E-state index contributed by atoms with van der Waals surface area (Å²) in [6.07, 6.45) is 0.906. The Morgan fingerprint density at radius 3 is 2.38 bits per heavy atom. The van der Waals surface area contributed by atoms with Gasteiger partial charge in [0.2, 0.25) is 5.91 Å². The van der Waals surface area contributed by atoms with Gasteiger partial charge < -0.3 is 11.1 Å². The number of imide groups is 1. The van der Waals surface area contributed by atoms with Gasteiger partial charge in [0, 0.05) is 18.3 Å². The van der Waals surface area contributed by atoms with E-state index in [0.717, 1.165) is 22.4 Å². The molecule has 1 atom stereocenters. The van der Waals surface area contributed by atoms with Crippen LogP contribution in [0.1, 0.15) is 37.4 Å².